The number of nitrogens with one attached hydrogen (secondary N) is 2. The summed E-state index contributed by atoms with van der Waals surface area (Å²) in [5.41, 5.74) is 2.65. The van der Waals surface area contributed by atoms with Crippen molar-refractivity contribution in [2.75, 3.05) is 32.8 Å². The van der Waals surface area contributed by atoms with Crippen LogP contribution in [0.1, 0.15) is 42.6 Å². The van der Waals surface area contributed by atoms with Crippen molar-refractivity contribution in [2.24, 2.45) is 4.99 Å². The Balaban J connectivity index is 1.38. The normalized spacial score (nSPS) is 18.6. The van der Waals surface area contributed by atoms with E-state index >= 15 is 0 Å². The van der Waals surface area contributed by atoms with Crippen LogP contribution in [0.5, 0.6) is 0 Å². The van der Waals surface area contributed by atoms with Crippen molar-refractivity contribution >= 4 is 5.96 Å². The highest BCUT2D eigenvalue weighted by molar-refractivity contribution is 5.80. The van der Waals surface area contributed by atoms with Crippen LogP contribution in [0.3, 0.4) is 0 Å². The number of ether oxygens (including phenoxy) is 1. The molecule has 1 saturated heterocycles. The van der Waals surface area contributed by atoms with Gasteiger partial charge in [0.1, 0.15) is 5.76 Å². The molecule has 1 aliphatic carbocycles. The SMILES string of the molecule is c1coc(CCNC(=NCc2ccccc2CN2CCOCC2)NC2CCCC2)c1. The Morgan fingerprint density at radius 1 is 1.03 bits per heavy atom. The molecule has 0 radical (unpaired) electrons. The summed E-state index contributed by atoms with van der Waals surface area (Å²) in [6.45, 7) is 6.11. The molecule has 2 fully saturated rings. The second-order valence-electron chi connectivity index (χ2n) is 8.20. The predicted octanol–water partition coefficient (Wildman–Crippen LogP) is 3.33. The lowest BCUT2D eigenvalue weighted by Crippen LogP contribution is -2.43. The van der Waals surface area contributed by atoms with E-state index in [1.54, 1.807) is 6.26 Å². The van der Waals surface area contributed by atoms with Crippen molar-refractivity contribution in [3.63, 3.8) is 0 Å². The molecule has 0 spiro atoms. The van der Waals surface area contributed by atoms with E-state index in [1.165, 1.54) is 36.8 Å². The molecule has 6 nitrogen and oxygen atoms in total. The monoisotopic (exact) mass is 410 g/mol. The first-order valence-corrected chi connectivity index (χ1v) is 11.3. The van der Waals surface area contributed by atoms with Crippen molar-refractivity contribution < 1.29 is 9.15 Å². The molecular weight excluding hydrogens is 376 g/mol. The van der Waals surface area contributed by atoms with Gasteiger partial charge in [-0.1, -0.05) is 37.1 Å². The molecule has 1 saturated carbocycles. The van der Waals surface area contributed by atoms with Crippen LogP contribution in [0, 0.1) is 0 Å². The minimum atomic E-state index is 0.531. The fourth-order valence-corrected chi connectivity index (χ4v) is 4.21. The maximum Gasteiger partial charge on any atom is 0.191 e. The first kappa shape index (κ1) is 20.9. The standard InChI is InChI=1S/C24H34N4O2/c1-2-7-21(19-28-13-16-29-17-14-28)20(6-1)18-26-24(27-22-8-3-4-9-22)25-12-11-23-10-5-15-30-23/h1-2,5-7,10,15,22H,3-4,8-9,11-14,16-19H2,(H2,25,26,27). The third-order valence-electron chi connectivity index (χ3n) is 5.96. The molecule has 2 N–H and O–H groups in total. The van der Waals surface area contributed by atoms with Crippen molar-refractivity contribution in [1.29, 1.82) is 0 Å². The molecule has 1 aromatic heterocycles. The highest BCUT2D eigenvalue weighted by atomic mass is 16.5. The molecule has 0 bridgehead atoms. The van der Waals surface area contributed by atoms with Gasteiger partial charge in [0.25, 0.3) is 0 Å². The Morgan fingerprint density at radius 2 is 1.83 bits per heavy atom. The van der Waals surface area contributed by atoms with Gasteiger partial charge in [0, 0.05) is 38.6 Å². The maximum absolute atomic E-state index is 5.49. The van der Waals surface area contributed by atoms with Gasteiger partial charge in [0.05, 0.1) is 26.0 Å². The van der Waals surface area contributed by atoms with E-state index in [-0.39, 0.29) is 0 Å². The van der Waals surface area contributed by atoms with E-state index in [4.69, 9.17) is 14.1 Å². The lowest BCUT2D eigenvalue weighted by Gasteiger charge is -2.27. The zero-order valence-corrected chi connectivity index (χ0v) is 17.8. The number of morpholine rings is 1. The Hall–Kier alpha value is -2.31. The van der Waals surface area contributed by atoms with E-state index in [0.717, 1.165) is 57.5 Å². The van der Waals surface area contributed by atoms with Crippen LogP contribution < -0.4 is 10.6 Å². The molecule has 0 atom stereocenters. The third-order valence-corrected chi connectivity index (χ3v) is 5.96. The number of hydrogen-bond donors (Lipinski definition) is 2. The van der Waals surface area contributed by atoms with Gasteiger partial charge >= 0.3 is 0 Å². The first-order valence-electron chi connectivity index (χ1n) is 11.3. The van der Waals surface area contributed by atoms with Gasteiger partial charge < -0.3 is 19.8 Å². The molecular formula is C24H34N4O2. The number of furan rings is 1. The number of nitrogens with zero attached hydrogens (tertiary/aromatic N) is 2. The largest absolute Gasteiger partial charge is 0.469 e. The summed E-state index contributed by atoms with van der Waals surface area (Å²) in [4.78, 5) is 7.41. The summed E-state index contributed by atoms with van der Waals surface area (Å²) >= 11 is 0. The highest BCUT2D eigenvalue weighted by Crippen LogP contribution is 2.18. The second-order valence-corrected chi connectivity index (χ2v) is 8.20. The zero-order valence-electron chi connectivity index (χ0n) is 17.8. The van der Waals surface area contributed by atoms with E-state index < -0.39 is 0 Å². The van der Waals surface area contributed by atoms with Crippen molar-refractivity contribution in [1.82, 2.24) is 15.5 Å². The van der Waals surface area contributed by atoms with Gasteiger partial charge in [0.15, 0.2) is 5.96 Å². The molecule has 0 unspecified atom stereocenters. The minimum Gasteiger partial charge on any atom is -0.469 e. The molecule has 2 aliphatic rings. The van der Waals surface area contributed by atoms with Crippen LogP contribution in [0.4, 0.5) is 0 Å². The number of rotatable bonds is 8. The van der Waals surface area contributed by atoms with Crippen molar-refractivity contribution in [3.8, 4) is 0 Å². The first-order chi connectivity index (χ1) is 14.9. The van der Waals surface area contributed by atoms with Crippen molar-refractivity contribution in [3.05, 3.63) is 59.5 Å². The summed E-state index contributed by atoms with van der Waals surface area (Å²) < 4.78 is 10.9. The Bertz CT molecular complexity index is 778. The summed E-state index contributed by atoms with van der Waals surface area (Å²) in [5, 5.41) is 7.16. The molecule has 2 heterocycles. The maximum atomic E-state index is 5.49. The summed E-state index contributed by atoms with van der Waals surface area (Å²) in [6.07, 6.45) is 7.65. The smallest absolute Gasteiger partial charge is 0.191 e. The molecule has 2 aromatic rings. The number of benzene rings is 1. The Labute approximate surface area is 179 Å². The van der Waals surface area contributed by atoms with E-state index in [0.29, 0.717) is 12.6 Å². The Morgan fingerprint density at radius 3 is 2.60 bits per heavy atom. The summed E-state index contributed by atoms with van der Waals surface area (Å²) in [6, 6.07) is 13.2. The van der Waals surface area contributed by atoms with Gasteiger partial charge in [-0.2, -0.15) is 0 Å². The second kappa shape index (κ2) is 11.2. The van der Waals surface area contributed by atoms with Crippen LogP contribution in [0.15, 0.2) is 52.1 Å². The van der Waals surface area contributed by atoms with Crippen LogP contribution in [0.25, 0.3) is 0 Å². The number of aliphatic imine (C=N–C) groups is 1. The third kappa shape index (κ3) is 6.34. The molecule has 1 aliphatic heterocycles. The topological polar surface area (TPSA) is 62.0 Å². The fourth-order valence-electron chi connectivity index (χ4n) is 4.21. The van der Waals surface area contributed by atoms with Crippen LogP contribution in [-0.2, 0) is 24.2 Å². The van der Waals surface area contributed by atoms with Gasteiger partial charge in [-0.15, -0.1) is 0 Å². The van der Waals surface area contributed by atoms with E-state index in [1.807, 2.05) is 12.1 Å². The van der Waals surface area contributed by atoms with E-state index in [2.05, 4.69) is 39.8 Å². The van der Waals surface area contributed by atoms with Crippen LogP contribution in [0.2, 0.25) is 0 Å². The average Bonchev–Trinajstić information content (AvgIpc) is 3.48. The van der Waals surface area contributed by atoms with E-state index in [9.17, 15) is 0 Å². The zero-order chi connectivity index (χ0) is 20.4. The summed E-state index contributed by atoms with van der Waals surface area (Å²) in [5.74, 6) is 1.91. The fraction of sp³-hybridized carbons (Fsp3) is 0.542. The lowest BCUT2D eigenvalue weighted by molar-refractivity contribution is 0.0341. The Kier molecular flexibility index (Phi) is 7.81. The molecule has 30 heavy (non-hydrogen) atoms. The average molecular weight is 411 g/mol. The van der Waals surface area contributed by atoms with Gasteiger partial charge in [0.2, 0.25) is 0 Å². The molecule has 1 aromatic carbocycles. The van der Waals surface area contributed by atoms with Crippen LogP contribution >= 0.6 is 0 Å². The quantitative estimate of drug-likeness (QED) is 0.516. The number of hydrogen-bond acceptors (Lipinski definition) is 4. The van der Waals surface area contributed by atoms with Gasteiger partial charge in [-0.05, 0) is 36.1 Å². The van der Waals surface area contributed by atoms with Gasteiger partial charge in [-0.3, -0.25) is 4.90 Å². The lowest BCUT2D eigenvalue weighted by atomic mass is 10.1. The van der Waals surface area contributed by atoms with Crippen molar-refractivity contribution in [2.45, 2.75) is 51.2 Å². The van der Waals surface area contributed by atoms with Gasteiger partial charge in [-0.25, -0.2) is 4.99 Å². The predicted molar refractivity (Wildman–Crippen MR) is 119 cm³/mol. The minimum absolute atomic E-state index is 0.531. The van der Waals surface area contributed by atoms with Crippen LogP contribution in [-0.4, -0.2) is 49.7 Å². The highest BCUT2D eigenvalue weighted by Gasteiger charge is 2.17. The molecule has 4 rings (SSSR count). The molecule has 6 heteroatoms. The molecule has 0 amide bonds. The summed E-state index contributed by atoms with van der Waals surface area (Å²) in [7, 11) is 0. The number of guanidine groups is 1. The molecule has 162 valence electrons.